The minimum Gasteiger partial charge on any atom is -0.850 e. The summed E-state index contributed by atoms with van der Waals surface area (Å²) in [6.07, 6.45) is 10.2. The minimum atomic E-state index is -0.750. The zero-order valence-corrected chi connectivity index (χ0v) is 31.2. The van der Waals surface area contributed by atoms with E-state index in [4.69, 9.17) is 18.9 Å². The van der Waals surface area contributed by atoms with Crippen molar-refractivity contribution in [3.8, 4) is 5.75 Å². The Kier molecular flexibility index (Phi) is 20.0. The molecule has 2 atom stereocenters. The molecule has 11 heteroatoms. The summed E-state index contributed by atoms with van der Waals surface area (Å²) in [5, 5.41) is 10.1. The average molecular weight is 641 g/mol. The first-order chi connectivity index (χ1) is 20.0. The Bertz CT molecular complexity index is 1090. The Morgan fingerprint density at radius 3 is 1.89 bits per heavy atom. The normalized spacial score (nSPS) is 19.0. The van der Waals surface area contributed by atoms with Crippen LogP contribution in [0.3, 0.4) is 0 Å². The fourth-order valence-electron chi connectivity index (χ4n) is 3.50. The predicted octanol–water partition coefficient (Wildman–Crippen LogP) is 2.98. The van der Waals surface area contributed by atoms with Crippen LogP contribution in [0, 0.1) is 0 Å². The third kappa shape index (κ3) is 19.4. The van der Waals surface area contributed by atoms with Crippen LogP contribution in [0.15, 0.2) is 66.7 Å². The molecule has 44 heavy (non-hydrogen) atoms. The van der Waals surface area contributed by atoms with Crippen LogP contribution in [-0.2, 0) is 19.0 Å². The van der Waals surface area contributed by atoms with E-state index in [1.54, 1.807) is 52.3 Å². The zero-order chi connectivity index (χ0) is 32.6. The van der Waals surface area contributed by atoms with Gasteiger partial charge < -0.3 is 24.1 Å². The number of ketones is 1. The fourth-order valence-corrected chi connectivity index (χ4v) is 3.50. The van der Waals surface area contributed by atoms with Gasteiger partial charge in [-0.25, -0.2) is 9.59 Å². The van der Waals surface area contributed by atoms with Gasteiger partial charge in [0, 0.05) is 38.1 Å². The molecule has 1 fully saturated rings. The molecule has 10 nitrogen and oxygen atoms in total. The number of rotatable bonds is 2. The molecule has 0 N–H and O–H groups in total. The van der Waals surface area contributed by atoms with Crippen LogP contribution in [0.2, 0.25) is 0 Å². The number of methoxy groups -OCH3 is 1. The fraction of sp³-hybridized carbons (Fsp3) is 0.545. The number of amides is 2. The number of carbonyl (C=O) groups is 3. The molecule has 3 heterocycles. The van der Waals surface area contributed by atoms with Crippen molar-refractivity contribution < 1.29 is 89.8 Å². The van der Waals surface area contributed by atoms with Gasteiger partial charge in [-0.15, -0.1) is 5.60 Å². The van der Waals surface area contributed by atoms with Crippen molar-refractivity contribution >= 4 is 18.0 Å². The molecule has 1 saturated heterocycles. The van der Waals surface area contributed by atoms with Gasteiger partial charge in [0.05, 0.1) is 13.2 Å². The van der Waals surface area contributed by atoms with E-state index in [9.17, 15) is 19.5 Å². The molecular formula is C33H49KN2O8. The van der Waals surface area contributed by atoms with Gasteiger partial charge in [-0.05, 0) is 77.8 Å². The summed E-state index contributed by atoms with van der Waals surface area (Å²) in [7, 11) is 1.60. The zero-order valence-electron chi connectivity index (χ0n) is 28.1. The van der Waals surface area contributed by atoms with E-state index in [-0.39, 0.29) is 69.3 Å². The number of hydrogen-bond donors (Lipinski definition) is 0. The van der Waals surface area contributed by atoms with Crippen molar-refractivity contribution in [2.75, 3.05) is 20.3 Å². The Morgan fingerprint density at radius 1 is 0.909 bits per heavy atom. The maximum absolute atomic E-state index is 12.0. The summed E-state index contributed by atoms with van der Waals surface area (Å²) in [4.78, 5) is 37.6. The molecule has 4 rings (SSSR count). The standard InChI is InChI=1S/C14H15NO3.C11H17NO3.C4H8O.C4H9O.K/c1-11-10-13(17-2)8-9-15(11)14(16)18-12-6-4-3-5-7-12;1-8-7-9(13)5-6-12(8)10(14)15-11(2,3)4;1-2-4-5-3-1;1-4(2,3)5;/h3-11H,1-2H3;5-6,8H,7H2,1-4H3;1-4H2;1-3H3;/q;;;-1;+1. The predicted molar refractivity (Wildman–Crippen MR) is 164 cm³/mol. The molecular weight excluding hydrogens is 591 g/mol. The van der Waals surface area contributed by atoms with E-state index in [1.165, 1.54) is 34.9 Å². The number of hydrogen-bond acceptors (Lipinski definition) is 8. The van der Waals surface area contributed by atoms with Crippen molar-refractivity contribution in [1.82, 2.24) is 9.80 Å². The van der Waals surface area contributed by atoms with Crippen LogP contribution in [0.25, 0.3) is 0 Å². The molecule has 0 aliphatic carbocycles. The maximum Gasteiger partial charge on any atom is 1.00 e. The van der Waals surface area contributed by atoms with Gasteiger partial charge in [-0.2, -0.15) is 0 Å². The number of carbonyl (C=O) groups excluding carboxylic acids is 3. The molecule has 2 unspecified atom stereocenters. The van der Waals surface area contributed by atoms with Crippen LogP contribution < -0.4 is 61.2 Å². The van der Waals surface area contributed by atoms with Gasteiger partial charge in [0.1, 0.15) is 17.1 Å². The third-order valence-corrected chi connectivity index (χ3v) is 5.46. The monoisotopic (exact) mass is 640 g/mol. The van der Waals surface area contributed by atoms with E-state index in [1.807, 2.05) is 58.9 Å². The number of nitrogens with zero attached hydrogens (tertiary/aromatic N) is 2. The number of benzene rings is 1. The van der Waals surface area contributed by atoms with E-state index < -0.39 is 23.4 Å². The smallest absolute Gasteiger partial charge is 0.850 e. The summed E-state index contributed by atoms with van der Waals surface area (Å²) in [5.41, 5.74) is -1.26. The number of allylic oxidation sites excluding steroid dienone is 2. The summed E-state index contributed by atoms with van der Waals surface area (Å²) in [6, 6.07) is 8.77. The van der Waals surface area contributed by atoms with E-state index in [0.717, 1.165) is 19.0 Å². The quantitative estimate of drug-likeness (QED) is 0.453. The van der Waals surface area contributed by atoms with Crippen molar-refractivity contribution in [3.05, 3.63) is 66.7 Å². The molecule has 240 valence electrons. The van der Waals surface area contributed by atoms with Gasteiger partial charge in [-0.1, -0.05) is 39.0 Å². The van der Waals surface area contributed by atoms with Crippen LogP contribution in [-0.4, -0.2) is 71.4 Å². The van der Waals surface area contributed by atoms with E-state index >= 15 is 0 Å². The van der Waals surface area contributed by atoms with Crippen LogP contribution in [0.1, 0.15) is 74.7 Å². The number of para-hydroxylation sites is 1. The van der Waals surface area contributed by atoms with E-state index in [0.29, 0.717) is 12.2 Å². The van der Waals surface area contributed by atoms with Crippen molar-refractivity contribution in [3.63, 3.8) is 0 Å². The van der Waals surface area contributed by atoms with Crippen molar-refractivity contribution in [2.45, 2.75) is 97.9 Å². The molecule has 0 saturated carbocycles. The van der Waals surface area contributed by atoms with Gasteiger partial charge >= 0.3 is 63.6 Å². The molecule has 1 aromatic rings. The Hall–Kier alpha value is -1.99. The first-order valence-electron chi connectivity index (χ1n) is 14.5. The molecule has 0 radical (unpaired) electrons. The second-order valence-electron chi connectivity index (χ2n) is 12.1. The summed E-state index contributed by atoms with van der Waals surface area (Å²) < 4.78 is 20.5. The van der Waals surface area contributed by atoms with Gasteiger partial charge in [0.25, 0.3) is 0 Å². The summed E-state index contributed by atoms with van der Waals surface area (Å²) in [6.45, 7) is 16.1. The topological polar surface area (TPSA) is 118 Å². The van der Waals surface area contributed by atoms with Gasteiger partial charge in [0.15, 0.2) is 5.78 Å². The molecule has 3 aliphatic heterocycles. The molecule has 3 aliphatic rings. The molecule has 2 amide bonds. The second-order valence-corrected chi connectivity index (χ2v) is 12.1. The molecule has 1 aromatic carbocycles. The Morgan fingerprint density at radius 2 is 1.45 bits per heavy atom. The minimum absolute atomic E-state index is 0. The SMILES string of the molecule is C1CCOC1.CC(C)(C)[O-].CC1CC(=O)C=CN1C(=O)OC(C)(C)C.COC1=CC(C)N(C(=O)Oc2ccccc2)C=C1.[K+]. The van der Waals surface area contributed by atoms with Crippen LogP contribution in [0.4, 0.5) is 9.59 Å². The third-order valence-electron chi connectivity index (χ3n) is 5.46. The molecule has 0 aromatic heterocycles. The molecule has 0 spiro atoms. The first kappa shape index (κ1) is 42.0. The van der Waals surface area contributed by atoms with E-state index in [2.05, 4.69) is 0 Å². The average Bonchev–Trinajstić information content (AvgIpc) is 3.48. The second kappa shape index (κ2) is 20.9. The van der Waals surface area contributed by atoms with Gasteiger partial charge in [-0.3, -0.25) is 14.6 Å². The number of ether oxygens (including phenoxy) is 4. The maximum atomic E-state index is 12.0. The van der Waals surface area contributed by atoms with Gasteiger partial charge in [0.2, 0.25) is 0 Å². The van der Waals surface area contributed by atoms with Crippen LogP contribution >= 0.6 is 0 Å². The van der Waals surface area contributed by atoms with Crippen molar-refractivity contribution in [1.29, 1.82) is 0 Å². The van der Waals surface area contributed by atoms with Crippen molar-refractivity contribution in [2.24, 2.45) is 0 Å². The summed E-state index contributed by atoms with van der Waals surface area (Å²) >= 11 is 0. The molecule has 0 bridgehead atoms. The Labute approximate surface area is 305 Å². The largest absolute Gasteiger partial charge is 1.00 e. The Balaban J connectivity index is 0.000000636. The van der Waals surface area contributed by atoms with Crippen LogP contribution in [0.5, 0.6) is 5.75 Å². The first-order valence-corrected chi connectivity index (χ1v) is 14.5. The summed E-state index contributed by atoms with van der Waals surface area (Å²) in [5.74, 6) is 1.32.